The third-order valence-corrected chi connectivity index (χ3v) is 2.38. The molecule has 0 saturated heterocycles. The molecule has 0 aromatic heterocycles. The molecule has 1 saturated carbocycles. The zero-order valence-electron chi connectivity index (χ0n) is 7.74. The maximum Gasteiger partial charge on any atom is 0.317 e. The average molecular weight is 192 g/mol. The molecule has 1 aliphatic rings. The fourth-order valence-electron chi connectivity index (χ4n) is 1.42. The van der Waals surface area contributed by atoms with E-state index in [4.69, 9.17) is 0 Å². The summed E-state index contributed by atoms with van der Waals surface area (Å²) in [5.41, 5.74) is 1.44. The van der Waals surface area contributed by atoms with Crippen LogP contribution in [-0.2, 0) is 11.5 Å². The minimum Gasteiger partial charge on any atom is -0.301 e. The second-order valence-electron chi connectivity index (χ2n) is 3.49. The highest BCUT2D eigenvalue weighted by Crippen LogP contribution is 2.30. The van der Waals surface area contributed by atoms with Gasteiger partial charge in [0.15, 0.2) is 0 Å². The lowest BCUT2D eigenvalue weighted by Gasteiger charge is -2.15. The zero-order valence-corrected chi connectivity index (χ0v) is 7.74. The molecule has 0 bridgehead atoms. The highest BCUT2D eigenvalue weighted by molar-refractivity contribution is 5.77. The van der Waals surface area contributed by atoms with Crippen molar-refractivity contribution in [1.29, 1.82) is 0 Å². The minimum atomic E-state index is -0.464. The number of hydrogen-bond acceptors (Lipinski definition) is 1. The molecule has 73 valence electrons. The summed E-state index contributed by atoms with van der Waals surface area (Å²) in [7, 11) is 0. The fraction of sp³-hybridized carbons (Fsp3) is 0.364. The van der Waals surface area contributed by atoms with E-state index in [9.17, 15) is 9.18 Å². The normalized spacial score (nSPS) is 15.2. The van der Waals surface area contributed by atoms with Gasteiger partial charge in [0.2, 0.25) is 0 Å². The smallest absolute Gasteiger partial charge is 0.301 e. The Morgan fingerprint density at radius 2 is 2.00 bits per heavy atom. The predicted molar refractivity (Wildman–Crippen MR) is 52.4 cm³/mol. The third kappa shape index (κ3) is 1.76. The van der Waals surface area contributed by atoms with Gasteiger partial charge in [-0.15, -0.1) is 0 Å². The lowest BCUT2D eigenvalue weighted by molar-refractivity contribution is 0.485. The van der Waals surface area contributed by atoms with Crippen molar-refractivity contribution < 1.29 is 9.18 Å². The van der Waals surface area contributed by atoms with Gasteiger partial charge in [-0.2, -0.15) is 0 Å². The number of benzene rings is 1. The van der Waals surface area contributed by atoms with E-state index in [2.05, 4.69) is 0 Å². The molecule has 1 amide bonds. The summed E-state index contributed by atoms with van der Waals surface area (Å²) in [6, 6.07) is 7.23. The van der Waals surface area contributed by atoms with E-state index >= 15 is 0 Å². The van der Waals surface area contributed by atoms with Gasteiger partial charge in [-0.3, -0.25) is 4.79 Å². The Hall–Kier alpha value is -1.38. The summed E-state index contributed by atoms with van der Waals surface area (Å²) in [5, 5.41) is 0. The lowest BCUT2D eigenvalue weighted by atomic mass is 10.2. The Labute approximate surface area is 82.3 Å². The van der Waals surface area contributed by atoms with Crippen LogP contribution in [-0.4, -0.2) is 12.5 Å². The number of alkyl halides is 1. The Bertz CT molecular complexity index is 319. The van der Waals surface area contributed by atoms with E-state index in [1.54, 1.807) is 29.2 Å². The molecular weight excluding hydrogens is 181 g/mol. The van der Waals surface area contributed by atoms with Gasteiger partial charge < -0.3 is 4.90 Å². The van der Waals surface area contributed by atoms with E-state index in [1.165, 1.54) is 0 Å². The first-order valence-corrected chi connectivity index (χ1v) is 4.67. The van der Waals surface area contributed by atoms with Crippen LogP contribution in [0.25, 0.3) is 0 Å². The maximum absolute atomic E-state index is 12.2. The van der Waals surface area contributed by atoms with Gasteiger partial charge in [-0.05, 0) is 30.5 Å². The molecule has 2 rings (SSSR count). The lowest BCUT2D eigenvalue weighted by Crippen LogP contribution is -2.23. The quantitative estimate of drug-likeness (QED) is 0.669. The van der Waals surface area contributed by atoms with Crippen molar-refractivity contribution in [2.45, 2.75) is 25.6 Å². The van der Waals surface area contributed by atoms with E-state index in [-0.39, 0.29) is 0 Å². The van der Waals surface area contributed by atoms with Crippen LogP contribution in [0.4, 0.5) is 10.1 Å². The number of amides is 1. The first kappa shape index (κ1) is 9.19. The van der Waals surface area contributed by atoms with Crippen LogP contribution in [0.2, 0.25) is 0 Å². The van der Waals surface area contributed by atoms with E-state index in [1.807, 2.05) is 6.41 Å². The Balaban J connectivity index is 2.17. The topological polar surface area (TPSA) is 20.3 Å². The number of anilines is 1. The standard InChI is InChI=1S/C11H11FNO/c12-7-9-1-3-10(4-2-9)13(8-14)11-5-6-11/h1-4,11H,5-7H2. The molecule has 0 aliphatic heterocycles. The number of nitrogens with zero attached hydrogens (tertiary/aromatic N) is 1. The Morgan fingerprint density at radius 1 is 1.36 bits per heavy atom. The van der Waals surface area contributed by atoms with E-state index < -0.39 is 6.67 Å². The molecule has 1 fully saturated rings. The molecule has 1 aliphatic carbocycles. The molecule has 2 nitrogen and oxygen atoms in total. The average Bonchev–Trinajstić information content (AvgIpc) is 3.04. The van der Waals surface area contributed by atoms with Crippen molar-refractivity contribution in [2.24, 2.45) is 0 Å². The summed E-state index contributed by atoms with van der Waals surface area (Å²) < 4.78 is 12.2. The van der Waals surface area contributed by atoms with Crippen LogP contribution in [0.15, 0.2) is 24.3 Å². The number of carbonyl (C=O) groups excluding carboxylic acids is 1. The zero-order chi connectivity index (χ0) is 9.97. The number of hydrogen-bond donors (Lipinski definition) is 0. The Kier molecular flexibility index (Phi) is 2.48. The molecule has 3 heteroatoms. The van der Waals surface area contributed by atoms with Crippen molar-refractivity contribution >= 4 is 12.1 Å². The molecule has 1 radical (unpaired) electrons. The van der Waals surface area contributed by atoms with Gasteiger partial charge in [0.05, 0.1) is 0 Å². The number of halogens is 1. The monoisotopic (exact) mass is 192 g/mol. The molecular formula is C11H11FNO. The van der Waals surface area contributed by atoms with E-state index in [0.29, 0.717) is 11.6 Å². The highest BCUT2D eigenvalue weighted by Gasteiger charge is 2.29. The minimum absolute atomic E-state index is 0.309. The van der Waals surface area contributed by atoms with Gasteiger partial charge in [0, 0.05) is 11.7 Å². The van der Waals surface area contributed by atoms with Gasteiger partial charge in [-0.1, -0.05) is 12.1 Å². The first-order chi connectivity index (χ1) is 6.85. The SMILES string of the molecule is O=[C]N(c1ccc(CF)cc1)C1CC1. The van der Waals surface area contributed by atoms with Crippen LogP contribution < -0.4 is 4.90 Å². The van der Waals surface area contributed by atoms with Crippen LogP contribution in [0.3, 0.4) is 0 Å². The summed E-state index contributed by atoms with van der Waals surface area (Å²) in [6.07, 6.45) is 3.99. The van der Waals surface area contributed by atoms with Crippen LogP contribution in [0.1, 0.15) is 18.4 Å². The summed E-state index contributed by atoms with van der Waals surface area (Å²) in [5.74, 6) is 0. The first-order valence-electron chi connectivity index (χ1n) is 4.67. The maximum atomic E-state index is 12.2. The Morgan fingerprint density at radius 3 is 2.43 bits per heavy atom. The predicted octanol–water partition coefficient (Wildman–Crippen LogP) is 2.19. The molecule has 14 heavy (non-hydrogen) atoms. The highest BCUT2D eigenvalue weighted by atomic mass is 19.1. The summed E-state index contributed by atoms with van der Waals surface area (Å²) in [4.78, 5) is 12.3. The molecule has 0 heterocycles. The molecule has 0 N–H and O–H groups in total. The van der Waals surface area contributed by atoms with Gasteiger partial charge in [0.25, 0.3) is 0 Å². The van der Waals surface area contributed by atoms with Crippen LogP contribution >= 0.6 is 0 Å². The summed E-state index contributed by atoms with van der Waals surface area (Å²) in [6.45, 7) is -0.464. The number of rotatable bonds is 4. The third-order valence-electron chi connectivity index (χ3n) is 2.38. The second kappa shape index (κ2) is 3.78. The van der Waals surface area contributed by atoms with Crippen molar-refractivity contribution in [2.75, 3.05) is 4.90 Å². The molecule has 0 spiro atoms. The van der Waals surface area contributed by atoms with Gasteiger partial charge in [-0.25, -0.2) is 4.39 Å². The molecule has 0 atom stereocenters. The molecule has 1 aromatic carbocycles. The second-order valence-corrected chi connectivity index (χ2v) is 3.49. The van der Waals surface area contributed by atoms with Crippen molar-refractivity contribution in [1.82, 2.24) is 0 Å². The van der Waals surface area contributed by atoms with Crippen LogP contribution in [0.5, 0.6) is 0 Å². The van der Waals surface area contributed by atoms with Gasteiger partial charge in [0.1, 0.15) is 6.67 Å². The van der Waals surface area contributed by atoms with Crippen LogP contribution in [0, 0.1) is 0 Å². The summed E-state index contributed by atoms with van der Waals surface area (Å²) >= 11 is 0. The van der Waals surface area contributed by atoms with E-state index in [0.717, 1.165) is 18.5 Å². The van der Waals surface area contributed by atoms with Crippen molar-refractivity contribution in [3.63, 3.8) is 0 Å². The molecule has 1 aromatic rings. The fourth-order valence-corrected chi connectivity index (χ4v) is 1.42. The largest absolute Gasteiger partial charge is 0.317 e. The van der Waals surface area contributed by atoms with Crippen molar-refractivity contribution in [3.8, 4) is 0 Å². The van der Waals surface area contributed by atoms with Crippen molar-refractivity contribution in [3.05, 3.63) is 29.8 Å². The van der Waals surface area contributed by atoms with Gasteiger partial charge >= 0.3 is 6.41 Å². The molecule has 0 unspecified atom stereocenters.